The third-order valence-electron chi connectivity index (χ3n) is 2.52. The van der Waals surface area contributed by atoms with Crippen molar-refractivity contribution in [2.45, 2.75) is 17.9 Å². The topological polar surface area (TPSA) is 84.9 Å². The highest BCUT2D eigenvalue weighted by Gasteiger charge is 2.19. The molecule has 19 heavy (non-hydrogen) atoms. The van der Waals surface area contributed by atoms with Crippen molar-refractivity contribution in [1.82, 2.24) is 4.72 Å². The number of hydrogen-bond acceptors (Lipinski definition) is 5. The maximum absolute atomic E-state index is 12.1. The number of benzene rings is 1. The standard InChI is InChI=1S/C12H19NO5S/c1-17-7-3-6-13-19(15,16)12-8-10(9-14)4-5-11(12)18-2/h4-5,8,13-14H,3,6-7,9H2,1-2H3. The number of rotatable bonds is 8. The van der Waals surface area contributed by atoms with Gasteiger partial charge in [-0.15, -0.1) is 0 Å². The van der Waals surface area contributed by atoms with Gasteiger partial charge in [-0.25, -0.2) is 13.1 Å². The van der Waals surface area contributed by atoms with Gasteiger partial charge < -0.3 is 14.6 Å². The van der Waals surface area contributed by atoms with Gasteiger partial charge in [0.2, 0.25) is 10.0 Å². The van der Waals surface area contributed by atoms with Crippen molar-refractivity contribution < 1.29 is 23.0 Å². The first-order valence-electron chi connectivity index (χ1n) is 5.81. The van der Waals surface area contributed by atoms with E-state index in [0.29, 0.717) is 18.6 Å². The molecule has 0 aliphatic heterocycles. The van der Waals surface area contributed by atoms with Gasteiger partial charge in [0.1, 0.15) is 10.6 Å². The van der Waals surface area contributed by atoms with Crippen LogP contribution in [0.2, 0.25) is 0 Å². The number of ether oxygens (including phenoxy) is 2. The van der Waals surface area contributed by atoms with E-state index >= 15 is 0 Å². The second-order valence-electron chi connectivity index (χ2n) is 3.89. The fourth-order valence-corrected chi connectivity index (χ4v) is 2.82. The van der Waals surface area contributed by atoms with Crippen LogP contribution < -0.4 is 9.46 Å². The summed E-state index contributed by atoms with van der Waals surface area (Å²) in [6.07, 6.45) is 0.581. The lowest BCUT2D eigenvalue weighted by molar-refractivity contribution is 0.196. The minimum atomic E-state index is -3.66. The Morgan fingerprint density at radius 1 is 1.32 bits per heavy atom. The fourth-order valence-electron chi connectivity index (χ4n) is 1.53. The van der Waals surface area contributed by atoms with Crippen LogP contribution in [-0.4, -0.2) is 40.9 Å². The SMILES string of the molecule is COCCCNS(=O)(=O)c1cc(CO)ccc1OC. The molecule has 0 atom stereocenters. The van der Waals surface area contributed by atoms with E-state index < -0.39 is 10.0 Å². The zero-order chi connectivity index (χ0) is 14.3. The van der Waals surface area contributed by atoms with E-state index in [-0.39, 0.29) is 23.8 Å². The minimum Gasteiger partial charge on any atom is -0.495 e. The number of sulfonamides is 1. The van der Waals surface area contributed by atoms with Gasteiger partial charge in [-0.2, -0.15) is 0 Å². The molecule has 0 radical (unpaired) electrons. The van der Waals surface area contributed by atoms with E-state index in [1.807, 2.05) is 0 Å². The molecule has 1 aromatic carbocycles. The van der Waals surface area contributed by atoms with Crippen LogP contribution in [0.5, 0.6) is 5.75 Å². The van der Waals surface area contributed by atoms with Gasteiger partial charge in [-0.1, -0.05) is 6.07 Å². The summed E-state index contributed by atoms with van der Waals surface area (Å²) < 4.78 is 36.6. The molecule has 7 heteroatoms. The molecule has 0 saturated carbocycles. The predicted octanol–water partition coefficient (Wildman–Crippen LogP) is 0.502. The molecule has 0 unspecified atom stereocenters. The van der Waals surface area contributed by atoms with Gasteiger partial charge in [0.15, 0.2) is 0 Å². The molecule has 1 aromatic rings. The zero-order valence-electron chi connectivity index (χ0n) is 11.0. The van der Waals surface area contributed by atoms with Crippen LogP contribution in [0.3, 0.4) is 0 Å². The van der Waals surface area contributed by atoms with E-state index in [1.165, 1.54) is 19.2 Å². The molecule has 0 aromatic heterocycles. The quantitative estimate of drug-likeness (QED) is 0.681. The first-order valence-corrected chi connectivity index (χ1v) is 7.30. The van der Waals surface area contributed by atoms with E-state index in [9.17, 15) is 8.42 Å². The summed E-state index contributed by atoms with van der Waals surface area (Å²) in [6, 6.07) is 4.54. The highest BCUT2D eigenvalue weighted by Crippen LogP contribution is 2.24. The summed E-state index contributed by atoms with van der Waals surface area (Å²) in [7, 11) is -0.699. The van der Waals surface area contributed by atoms with E-state index in [1.54, 1.807) is 13.2 Å². The van der Waals surface area contributed by atoms with Crippen molar-refractivity contribution in [3.05, 3.63) is 23.8 Å². The molecular weight excluding hydrogens is 270 g/mol. The van der Waals surface area contributed by atoms with Gasteiger partial charge in [0.25, 0.3) is 0 Å². The lowest BCUT2D eigenvalue weighted by atomic mass is 10.2. The lowest BCUT2D eigenvalue weighted by Crippen LogP contribution is -2.26. The summed E-state index contributed by atoms with van der Waals surface area (Å²) in [5.74, 6) is 0.247. The van der Waals surface area contributed by atoms with Crippen LogP contribution in [0.25, 0.3) is 0 Å². The maximum Gasteiger partial charge on any atom is 0.244 e. The molecule has 0 fully saturated rings. The van der Waals surface area contributed by atoms with Gasteiger partial charge in [-0.05, 0) is 24.1 Å². The summed E-state index contributed by atoms with van der Waals surface area (Å²) in [5, 5.41) is 9.06. The van der Waals surface area contributed by atoms with Crippen LogP contribution in [0.4, 0.5) is 0 Å². The summed E-state index contributed by atoms with van der Waals surface area (Å²) in [6.45, 7) is 0.537. The molecule has 2 N–H and O–H groups in total. The van der Waals surface area contributed by atoms with Gasteiger partial charge in [0, 0.05) is 20.3 Å². The monoisotopic (exact) mass is 289 g/mol. The van der Waals surface area contributed by atoms with Crippen molar-refractivity contribution in [2.24, 2.45) is 0 Å². The van der Waals surface area contributed by atoms with Gasteiger partial charge in [0.05, 0.1) is 13.7 Å². The second kappa shape index (κ2) is 7.44. The molecular formula is C12H19NO5S. The molecule has 0 aliphatic carbocycles. The summed E-state index contributed by atoms with van der Waals surface area (Å²) in [5.41, 5.74) is 0.512. The number of methoxy groups -OCH3 is 2. The fraction of sp³-hybridized carbons (Fsp3) is 0.500. The van der Waals surface area contributed by atoms with Crippen LogP contribution in [-0.2, 0) is 21.4 Å². The Morgan fingerprint density at radius 2 is 2.05 bits per heavy atom. The Bertz CT molecular complexity index is 501. The average Bonchev–Trinajstić information content (AvgIpc) is 2.43. The van der Waals surface area contributed by atoms with Crippen molar-refractivity contribution in [3.8, 4) is 5.75 Å². The number of aliphatic hydroxyl groups is 1. The van der Waals surface area contributed by atoms with Crippen molar-refractivity contribution in [2.75, 3.05) is 27.4 Å². The zero-order valence-corrected chi connectivity index (χ0v) is 11.9. The number of hydrogen-bond donors (Lipinski definition) is 2. The Hall–Kier alpha value is -1.15. The average molecular weight is 289 g/mol. The molecule has 6 nitrogen and oxygen atoms in total. The molecule has 0 amide bonds. The third-order valence-corrected chi connectivity index (χ3v) is 4.00. The first kappa shape index (κ1) is 15.9. The van der Waals surface area contributed by atoms with Gasteiger partial charge >= 0.3 is 0 Å². The third kappa shape index (κ3) is 4.46. The highest BCUT2D eigenvalue weighted by atomic mass is 32.2. The van der Waals surface area contributed by atoms with E-state index in [0.717, 1.165) is 0 Å². The van der Waals surface area contributed by atoms with Crippen LogP contribution in [0, 0.1) is 0 Å². The van der Waals surface area contributed by atoms with Crippen molar-refractivity contribution in [3.63, 3.8) is 0 Å². The molecule has 0 aliphatic rings. The molecule has 0 spiro atoms. The number of aliphatic hydroxyl groups excluding tert-OH is 1. The lowest BCUT2D eigenvalue weighted by Gasteiger charge is -2.11. The largest absolute Gasteiger partial charge is 0.495 e. The van der Waals surface area contributed by atoms with E-state index in [2.05, 4.69) is 4.72 Å². The molecule has 0 saturated heterocycles. The number of nitrogens with one attached hydrogen (secondary N) is 1. The Morgan fingerprint density at radius 3 is 2.63 bits per heavy atom. The van der Waals surface area contributed by atoms with E-state index in [4.69, 9.17) is 14.6 Å². The molecule has 1 rings (SSSR count). The van der Waals surface area contributed by atoms with Crippen LogP contribution >= 0.6 is 0 Å². The maximum atomic E-state index is 12.1. The first-order chi connectivity index (χ1) is 9.05. The summed E-state index contributed by atoms with van der Waals surface area (Å²) in [4.78, 5) is 0.0268. The van der Waals surface area contributed by atoms with Crippen LogP contribution in [0.15, 0.2) is 23.1 Å². The minimum absolute atomic E-state index is 0.0268. The Kier molecular flexibility index (Phi) is 6.23. The van der Waals surface area contributed by atoms with Crippen molar-refractivity contribution >= 4 is 10.0 Å². The smallest absolute Gasteiger partial charge is 0.244 e. The molecule has 0 heterocycles. The highest BCUT2D eigenvalue weighted by molar-refractivity contribution is 7.89. The van der Waals surface area contributed by atoms with Crippen LogP contribution in [0.1, 0.15) is 12.0 Å². The normalized spacial score (nSPS) is 11.5. The second-order valence-corrected chi connectivity index (χ2v) is 5.62. The Balaban J connectivity index is 2.92. The molecule has 0 bridgehead atoms. The molecule has 108 valence electrons. The predicted molar refractivity (Wildman–Crippen MR) is 70.6 cm³/mol. The van der Waals surface area contributed by atoms with Gasteiger partial charge in [-0.3, -0.25) is 0 Å². The summed E-state index contributed by atoms with van der Waals surface area (Å²) >= 11 is 0. The van der Waals surface area contributed by atoms with Crippen molar-refractivity contribution in [1.29, 1.82) is 0 Å². The Labute approximate surface area is 113 Å².